The summed E-state index contributed by atoms with van der Waals surface area (Å²) < 4.78 is 55.0. The summed E-state index contributed by atoms with van der Waals surface area (Å²) in [6, 6.07) is 11.9. The molecule has 1 saturated heterocycles. The first-order valence-electron chi connectivity index (χ1n) is 10.6. The van der Waals surface area contributed by atoms with E-state index in [1.54, 1.807) is 34.5 Å². The van der Waals surface area contributed by atoms with Crippen LogP contribution in [0.15, 0.2) is 53.9 Å². The molecule has 4 aromatic rings. The van der Waals surface area contributed by atoms with Gasteiger partial charge in [0.15, 0.2) is 17.0 Å². The van der Waals surface area contributed by atoms with Crippen LogP contribution in [0.1, 0.15) is 21.7 Å². The number of fused-ring (bicyclic) bond motifs is 1. The van der Waals surface area contributed by atoms with Gasteiger partial charge < -0.3 is 4.90 Å². The molecule has 0 atom stereocenters. The third-order valence-electron chi connectivity index (χ3n) is 5.69. The molecule has 1 fully saturated rings. The third kappa shape index (κ3) is 4.53. The lowest BCUT2D eigenvalue weighted by atomic mass is 10.2. The van der Waals surface area contributed by atoms with Crippen molar-refractivity contribution in [2.24, 2.45) is 0 Å². The molecule has 0 unspecified atom stereocenters. The molecule has 1 aromatic carbocycles. The van der Waals surface area contributed by atoms with Crippen LogP contribution < -0.4 is 0 Å². The van der Waals surface area contributed by atoms with Crippen molar-refractivity contribution >= 4 is 22.9 Å². The second-order valence-electron chi connectivity index (χ2n) is 8.00. The molecular formula is C23H19F4N5OS. The molecule has 0 bridgehead atoms. The minimum atomic E-state index is -4.66. The van der Waals surface area contributed by atoms with Crippen molar-refractivity contribution in [2.45, 2.75) is 12.7 Å². The summed E-state index contributed by atoms with van der Waals surface area (Å²) in [5.41, 5.74) is 0.0610. The Morgan fingerprint density at radius 2 is 1.76 bits per heavy atom. The van der Waals surface area contributed by atoms with Gasteiger partial charge in [-0.1, -0.05) is 18.2 Å². The Labute approximate surface area is 196 Å². The summed E-state index contributed by atoms with van der Waals surface area (Å²) in [6.45, 7) is 2.62. The van der Waals surface area contributed by atoms with Crippen LogP contribution in [0.2, 0.25) is 0 Å². The van der Waals surface area contributed by atoms with E-state index in [-0.39, 0.29) is 22.9 Å². The van der Waals surface area contributed by atoms with Crippen molar-refractivity contribution < 1.29 is 22.4 Å². The number of hydrogen-bond acceptors (Lipinski definition) is 5. The molecule has 11 heteroatoms. The van der Waals surface area contributed by atoms with Gasteiger partial charge in [0.05, 0.1) is 10.6 Å². The second-order valence-corrected chi connectivity index (χ2v) is 8.94. The topological polar surface area (TPSA) is 53.7 Å². The monoisotopic (exact) mass is 489 g/mol. The van der Waals surface area contributed by atoms with Gasteiger partial charge in [0.2, 0.25) is 0 Å². The Kier molecular flexibility index (Phi) is 5.82. The van der Waals surface area contributed by atoms with Gasteiger partial charge in [-0.15, -0.1) is 11.3 Å². The quantitative estimate of drug-likeness (QED) is 0.394. The van der Waals surface area contributed by atoms with Crippen molar-refractivity contribution in [1.29, 1.82) is 0 Å². The molecule has 34 heavy (non-hydrogen) atoms. The van der Waals surface area contributed by atoms with E-state index in [0.717, 1.165) is 11.6 Å². The Morgan fingerprint density at radius 1 is 1.03 bits per heavy atom. The normalized spacial score (nSPS) is 15.2. The first-order valence-corrected chi connectivity index (χ1v) is 11.4. The van der Waals surface area contributed by atoms with Crippen LogP contribution in [-0.4, -0.2) is 56.5 Å². The lowest BCUT2D eigenvalue weighted by molar-refractivity contribution is -0.142. The molecule has 1 amide bonds. The van der Waals surface area contributed by atoms with E-state index in [0.29, 0.717) is 42.1 Å². The number of benzene rings is 1. The van der Waals surface area contributed by atoms with Crippen LogP contribution in [0, 0.1) is 5.82 Å². The van der Waals surface area contributed by atoms with Crippen LogP contribution in [0.25, 0.3) is 16.2 Å². The van der Waals surface area contributed by atoms with E-state index in [4.69, 9.17) is 0 Å². The smallest absolute Gasteiger partial charge is 0.335 e. The van der Waals surface area contributed by atoms with E-state index < -0.39 is 17.8 Å². The fraction of sp³-hybridized carbons (Fsp3) is 0.261. The highest BCUT2D eigenvalue weighted by atomic mass is 32.1. The van der Waals surface area contributed by atoms with Gasteiger partial charge in [-0.05, 0) is 35.2 Å². The summed E-state index contributed by atoms with van der Waals surface area (Å²) >= 11 is 1.28. The Hall–Kier alpha value is -3.31. The van der Waals surface area contributed by atoms with Gasteiger partial charge in [0.1, 0.15) is 5.82 Å². The van der Waals surface area contributed by atoms with Gasteiger partial charge in [-0.25, -0.2) is 13.9 Å². The van der Waals surface area contributed by atoms with E-state index in [1.807, 2.05) is 0 Å². The molecule has 0 saturated carbocycles. The van der Waals surface area contributed by atoms with Crippen LogP contribution >= 0.6 is 11.3 Å². The summed E-state index contributed by atoms with van der Waals surface area (Å²) in [7, 11) is 0. The number of rotatable bonds is 4. The number of carbonyl (C=O) groups excluding carboxylic acids is 1. The molecule has 5 rings (SSSR count). The van der Waals surface area contributed by atoms with Crippen LogP contribution in [-0.2, 0) is 12.7 Å². The maximum absolute atomic E-state index is 13.7. The number of thiophene rings is 1. The van der Waals surface area contributed by atoms with Gasteiger partial charge in [-0.2, -0.15) is 18.3 Å². The number of alkyl halides is 3. The molecule has 1 aliphatic rings. The molecule has 4 heterocycles. The second kappa shape index (κ2) is 8.80. The SMILES string of the molecule is O=C(c1cc2nc(-c3cccs3)cc(C(F)(F)F)n2n1)N1CCN(Cc2ccc(F)cc2)CC1. The van der Waals surface area contributed by atoms with Crippen LogP contribution in [0.5, 0.6) is 0 Å². The summed E-state index contributed by atoms with van der Waals surface area (Å²) in [5.74, 6) is -0.727. The molecule has 0 N–H and O–H groups in total. The third-order valence-corrected chi connectivity index (χ3v) is 6.58. The minimum Gasteiger partial charge on any atom is -0.335 e. The van der Waals surface area contributed by atoms with Crippen molar-refractivity contribution in [1.82, 2.24) is 24.4 Å². The molecule has 0 radical (unpaired) electrons. The van der Waals surface area contributed by atoms with Crippen LogP contribution in [0.4, 0.5) is 17.6 Å². The van der Waals surface area contributed by atoms with Gasteiger partial charge in [0, 0.05) is 38.8 Å². The Morgan fingerprint density at radius 3 is 2.41 bits per heavy atom. The first-order chi connectivity index (χ1) is 16.3. The summed E-state index contributed by atoms with van der Waals surface area (Å²) in [5, 5.41) is 5.73. The highest BCUT2D eigenvalue weighted by molar-refractivity contribution is 7.13. The molecule has 6 nitrogen and oxygen atoms in total. The predicted molar refractivity (Wildman–Crippen MR) is 119 cm³/mol. The van der Waals surface area contributed by atoms with E-state index >= 15 is 0 Å². The molecule has 0 spiro atoms. The largest absolute Gasteiger partial charge is 0.433 e. The summed E-state index contributed by atoms with van der Waals surface area (Å²) in [4.78, 5) is 21.7. The zero-order valence-electron chi connectivity index (χ0n) is 17.8. The zero-order chi connectivity index (χ0) is 23.9. The van der Waals surface area contributed by atoms with Crippen molar-refractivity contribution in [2.75, 3.05) is 26.2 Å². The number of amides is 1. The fourth-order valence-corrected chi connectivity index (χ4v) is 4.64. The number of halogens is 4. The molecule has 1 aliphatic heterocycles. The van der Waals surface area contributed by atoms with E-state index in [1.165, 1.54) is 29.5 Å². The van der Waals surface area contributed by atoms with Gasteiger partial charge in [-0.3, -0.25) is 9.69 Å². The molecular weight excluding hydrogens is 470 g/mol. The highest BCUT2D eigenvalue weighted by Crippen LogP contribution is 2.33. The number of hydrogen-bond donors (Lipinski definition) is 0. The average Bonchev–Trinajstić information content (AvgIpc) is 3.49. The first kappa shape index (κ1) is 22.5. The zero-order valence-corrected chi connectivity index (χ0v) is 18.6. The van der Waals surface area contributed by atoms with E-state index in [9.17, 15) is 22.4 Å². The number of nitrogens with zero attached hydrogens (tertiary/aromatic N) is 5. The van der Waals surface area contributed by atoms with Gasteiger partial charge >= 0.3 is 6.18 Å². The van der Waals surface area contributed by atoms with Crippen molar-refractivity contribution in [3.63, 3.8) is 0 Å². The molecule has 0 aliphatic carbocycles. The molecule has 3 aromatic heterocycles. The standard InChI is InChI=1S/C23H19F4N5OS/c24-16-5-3-15(4-6-16)14-30-7-9-31(10-8-30)22(33)18-13-21-28-17(19-2-1-11-34-19)12-20(23(25,26)27)32(21)29-18/h1-6,11-13H,7-10,14H2. The predicted octanol–water partition coefficient (Wildman–Crippen LogP) is 4.57. The Balaban J connectivity index is 1.35. The minimum absolute atomic E-state index is 0.0310. The maximum Gasteiger partial charge on any atom is 0.433 e. The number of piperazine rings is 1. The van der Waals surface area contributed by atoms with Crippen molar-refractivity contribution in [3.05, 3.63) is 76.7 Å². The fourth-order valence-electron chi connectivity index (χ4n) is 3.95. The lowest BCUT2D eigenvalue weighted by Crippen LogP contribution is -2.48. The maximum atomic E-state index is 13.7. The molecule has 176 valence electrons. The van der Waals surface area contributed by atoms with Gasteiger partial charge in [0.25, 0.3) is 5.91 Å². The Bertz CT molecular complexity index is 1310. The van der Waals surface area contributed by atoms with Crippen molar-refractivity contribution in [3.8, 4) is 10.6 Å². The summed E-state index contributed by atoms with van der Waals surface area (Å²) in [6.07, 6.45) is -4.66. The average molecular weight is 489 g/mol. The highest BCUT2D eigenvalue weighted by Gasteiger charge is 2.36. The number of carbonyl (C=O) groups is 1. The lowest BCUT2D eigenvalue weighted by Gasteiger charge is -2.34. The number of aromatic nitrogens is 3. The van der Waals surface area contributed by atoms with E-state index in [2.05, 4.69) is 15.0 Å². The van der Waals surface area contributed by atoms with Crippen LogP contribution in [0.3, 0.4) is 0 Å².